The zero-order valence-corrected chi connectivity index (χ0v) is 11.3. The molecule has 0 saturated carbocycles. The second-order valence-corrected chi connectivity index (χ2v) is 5.68. The quantitative estimate of drug-likeness (QED) is 0.738. The first-order valence-electron chi connectivity index (χ1n) is 5.89. The molecule has 1 heterocycles. The molecule has 0 spiro atoms. The third kappa shape index (κ3) is 4.45. The third-order valence-corrected chi connectivity index (χ3v) is 3.84. The van der Waals surface area contributed by atoms with Gasteiger partial charge in [-0.05, 0) is 26.2 Å². The van der Waals surface area contributed by atoms with Crippen LogP contribution in [0.1, 0.15) is 30.2 Å². The minimum absolute atomic E-state index is 0.541. The largest absolute Gasteiger partial charge is 0.314 e. The van der Waals surface area contributed by atoms with Crippen molar-refractivity contribution in [1.29, 1.82) is 0 Å². The van der Waals surface area contributed by atoms with E-state index in [9.17, 15) is 0 Å². The topological polar surface area (TPSA) is 24.9 Å². The van der Waals surface area contributed by atoms with E-state index in [2.05, 4.69) is 37.7 Å². The number of hydrogen-bond donors (Lipinski definition) is 1. The normalized spacial score (nSPS) is 14.7. The van der Waals surface area contributed by atoms with Crippen molar-refractivity contribution in [2.45, 2.75) is 39.7 Å². The fraction of sp³-hybridized carbons (Fsp3) is 0.615. The first-order valence-corrected chi connectivity index (χ1v) is 6.70. The Morgan fingerprint density at radius 1 is 1.56 bits per heavy atom. The molecule has 0 aliphatic rings. The van der Waals surface area contributed by atoms with E-state index < -0.39 is 0 Å². The highest BCUT2D eigenvalue weighted by molar-refractivity contribution is 7.11. The Balaban J connectivity index is 2.22. The third-order valence-electron chi connectivity index (χ3n) is 2.87. The molecule has 1 rings (SSSR count). The van der Waals surface area contributed by atoms with Gasteiger partial charge in [-0.3, -0.25) is 0 Å². The van der Waals surface area contributed by atoms with E-state index in [1.807, 2.05) is 12.3 Å². The molecule has 0 bridgehead atoms. The fourth-order valence-electron chi connectivity index (χ4n) is 1.59. The Labute approximate surface area is 103 Å². The van der Waals surface area contributed by atoms with Gasteiger partial charge in [0.2, 0.25) is 0 Å². The number of allylic oxidation sites excluding steroid dienone is 1. The van der Waals surface area contributed by atoms with Gasteiger partial charge in [0.15, 0.2) is 0 Å². The van der Waals surface area contributed by atoms with Crippen LogP contribution >= 0.6 is 11.3 Å². The molecule has 0 radical (unpaired) electrons. The highest BCUT2D eigenvalue weighted by Crippen LogP contribution is 2.12. The van der Waals surface area contributed by atoms with E-state index in [0.717, 1.165) is 19.4 Å². The summed E-state index contributed by atoms with van der Waals surface area (Å²) in [6, 6.07) is 0.541. The zero-order valence-electron chi connectivity index (χ0n) is 10.5. The van der Waals surface area contributed by atoms with Crippen LogP contribution in [0.5, 0.6) is 0 Å². The van der Waals surface area contributed by atoms with Crippen LogP contribution in [-0.2, 0) is 6.42 Å². The van der Waals surface area contributed by atoms with Gasteiger partial charge in [0, 0.05) is 30.1 Å². The number of rotatable bonds is 7. The Bertz CT molecular complexity index is 319. The average Bonchev–Trinajstić information content (AvgIpc) is 2.64. The van der Waals surface area contributed by atoms with E-state index in [4.69, 9.17) is 0 Å². The summed E-state index contributed by atoms with van der Waals surface area (Å²) < 4.78 is 0. The second kappa shape index (κ2) is 6.81. The summed E-state index contributed by atoms with van der Waals surface area (Å²) in [5.41, 5.74) is 0. The van der Waals surface area contributed by atoms with Crippen LogP contribution in [0.4, 0.5) is 0 Å². The molecule has 1 aromatic rings. The van der Waals surface area contributed by atoms with Crippen molar-refractivity contribution >= 4 is 11.3 Å². The predicted molar refractivity (Wildman–Crippen MR) is 72.0 cm³/mol. The Kier molecular flexibility index (Phi) is 5.71. The van der Waals surface area contributed by atoms with Crippen molar-refractivity contribution in [2.75, 3.05) is 6.54 Å². The summed E-state index contributed by atoms with van der Waals surface area (Å²) in [6.45, 7) is 11.4. The minimum atomic E-state index is 0.541. The average molecular weight is 238 g/mol. The Hall–Kier alpha value is -0.670. The van der Waals surface area contributed by atoms with Crippen LogP contribution in [0, 0.1) is 12.8 Å². The summed E-state index contributed by atoms with van der Waals surface area (Å²) in [5.74, 6) is 0.649. The van der Waals surface area contributed by atoms with Gasteiger partial charge < -0.3 is 5.32 Å². The van der Waals surface area contributed by atoms with Crippen molar-refractivity contribution in [3.05, 3.63) is 28.7 Å². The van der Waals surface area contributed by atoms with Crippen molar-refractivity contribution in [2.24, 2.45) is 5.92 Å². The first kappa shape index (κ1) is 13.4. The van der Waals surface area contributed by atoms with Gasteiger partial charge in [0.1, 0.15) is 0 Å². The van der Waals surface area contributed by atoms with Crippen molar-refractivity contribution in [3.63, 3.8) is 0 Å². The number of nitrogens with zero attached hydrogens (tertiary/aromatic N) is 1. The summed E-state index contributed by atoms with van der Waals surface area (Å²) in [5, 5.41) is 4.77. The van der Waals surface area contributed by atoms with Gasteiger partial charge in [-0.2, -0.15) is 0 Å². The summed E-state index contributed by atoms with van der Waals surface area (Å²) in [7, 11) is 0. The molecule has 0 amide bonds. The lowest BCUT2D eigenvalue weighted by atomic mass is 10.00. The Morgan fingerprint density at radius 3 is 2.88 bits per heavy atom. The van der Waals surface area contributed by atoms with Crippen LogP contribution in [0.2, 0.25) is 0 Å². The van der Waals surface area contributed by atoms with Crippen molar-refractivity contribution in [1.82, 2.24) is 10.3 Å². The van der Waals surface area contributed by atoms with Gasteiger partial charge in [0.05, 0.1) is 5.01 Å². The van der Waals surface area contributed by atoms with Crippen molar-refractivity contribution < 1.29 is 0 Å². The molecule has 0 aliphatic heterocycles. The van der Waals surface area contributed by atoms with Crippen LogP contribution in [-0.4, -0.2) is 17.6 Å². The van der Waals surface area contributed by atoms with Crippen LogP contribution < -0.4 is 5.32 Å². The van der Waals surface area contributed by atoms with Gasteiger partial charge in [0.25, 0.3) is 0 Å². The molecule has 2 nitrogen and oxygen atoms in total. The molecule has 0 fully saturated rings. The molecule has 0 aliphatic carbocycles. The summed E-state index contributed by atoms with van der Waals surface area (Å²) in [6.07, 6.45) is 6.05. The van der Waals surface area contributed by atoms with Crippen LogP contribution in [0.3, 0.4) is 0 Å². The molecule has 90 valence electrons. The molecular weight excluding hydrogens is 216 g/mol. The maximum Gasteiger partial charge on any atom is 0.0940 e. The van der Waals surface area contributed by atoms with Gasteiger partial charge in [-0.1, -0.05) is 13.0 Å². The number of hydrogen-bond acceptors (Lipinski definition) is 3. The highest BCUT2D eigenvalue weighted by atomic mass is 32.1. The van der Waals surface area contributed by atoms with E-state index >= 15 is 0 Å². The second-order valence-electron chi connectivity index (χ2n) is 4.36. The summed E-state index contributed by atoms with van der Waals surface area (Å²) >= 11 is 1.79. The number of nitrogens with one attached hydrogen (secondary N) is 1. The van der Waals surface area contributed by atoms with Crippen molar-refractivity contribution in [3.8, 4) is 0 Å². The van der Waals surface area contributed by atoms with E-state index in [-0.39, 0.29) is 0 Å². The lowest BCUT2D eigenvalue weighted by molar-refractivity contribution is 0.406. The molecule has 1 N–H and O–H groups in total. The Morgan fingerprint density at radius 2 is 2.31 bits per heavy atom. The molecular formula is C13H22N2S. The fourth-order valence-corrected chi connectivity index (χ4v) is 2.38. The number of thiazole rings is 1. The molecule has 2 atom stereocenters. The van der Waals surface area contributed by atoms with E-state index in [1.165, 1.54) is 9.88 Å². The van der Waals surface area contributed by atoms with E-state index in [0.29, 0.717) is 12.0 Å². The van der Waals surface area contributed by atoms with Gasteiger partial charge in [-0.25, -0.2) is 4.98 Å². The molecule has 16 heavy (non-hydrogen) atoms. The molecule has 3 heteroatoms. The van der Waals surface area contributed by atoms with Gasteiger partial charge >= 0.3 is 0 Å². The molecule has 2 unspecified atom stereocenters. The maximum absolute atomic E-state index is 4.36. The van der Waals surface area contributed by atoms with Gasteiger partial charge in [-0.15, -0.1) is 17.9 Å². The zero-order chi connectivity index (χ0) is 12.0. The number of aromatic nitrogens is 1. The lowest BCUT2D eigenvalue weighted by Gasteiger charge is -2.19. The summed E-state index contributed by atoms with van der Waals surface area (Å²) in [4.78, 5) is 5.65. The van der Waals surface area contributed by atoms with Crippen LogP contribution in [0.25, 0.3) is 0 Å². The molecule has 0 aromatic carbocycles. The van der Waals surface area contributed by atoms with E-state index in [1.54, 1.807) is 11.3 Å². The SMILES string of the molecule is C=CCC(C)C(C)NCCc1ncc(C)s1. The molecule has 0 saturated heterocycles. The lowest BCUT2D eigenvalue weighted by Crippen LogP contribution is -2.33. The standard InChI is InChI=1S/C13H22N2S/c1-5-6-10(2)12(4)14-8-7-13-15-9-11(3)16-13/h5,9-10,12,14H,1,6-8H2,2-4H3. The first-order chi connectivity index (χ1) is 7.63. The maximum atomic E-state index is 4.36. The smallest absolute Gasteiger partial charge is 0.0940 e. The number of aryl methyl sites for hydroxylation is 1. The predicted octanol–water partition coefficient (Wildman–Crippen LogP) is 3.18. The van der Waals surface area contributed by atoms with Crippen LogP contribution in [0.15, 0.2) is 18.9 Å². The highest BCUT2D eigenvalue weighted by Gasteiger charge is 2.09. The monoisotopic (exact) mass is 238 g/mol. The minimum Gasteiger partial charge on any atom is -0.314 e. The molecule has 1 aromatic heterocycles.